The third kappa shape index (κ3) is 4.12. The van der Waals surface area contributed by atoms with E-state index in [4.69, 9.17) is 4.74 Å². The number of amides is 1. The molecule has 2 atom stereocenters. The minimum absolute atomic E-state index is 0.0764. The van der Waals surface area contributed by atoms with Crippen molar-refractivity contribution in [3.8, 4) is 0 Å². The highest BCUT2D eigenvalue weighted by molar-refractivity contribution is 7.88. The fourth-order valence-electron chi connectivity index (χ4n) is 3.48. The highest BCUT2D eigenvalue weighted by atomic mass is 32.2. The molecule has 1 amide bonds. The number of sulfonamides is 1. The van der Waals surface area contributed by atoms with Gasteiger partial charge in [-0.2, -0.15) is 0 Å². The molecule has 3 rings (SSSR count). The Bertz CT molecular complexity index is 695. The van der Waals surface area contributed by atoms with E-state index in [0.717, 1.165) is 31.9 Å². The monoisotopic (exact) mass is 353 g/mol. The summed E-state index contributed by atoms with van der Waals surface area (Å²) in [5.41, 5.74) is 0.0904. The molecule has 0 saturated carbocycles. The molecular formula is C16H23N3O4S. The zero-order valence-corrected chi connectivity index (χ0v) is 14.6. The normalized spacial score (nSPS) is 27.5. The number of nitrogens with one attached hydrogen (secondary N) is 1. The highest BCUT2D eigenvalue weighted by Gasteiger charge is 2.44. The van der Waals surface area contributed by atoms with Gasteiger partial charge < -0.3 is 9.64 Å². The average molecular weight is 353 g/mol. The number of carbonyl (C=O) groups is 1. The molecule has 2 aliphatic heterocycles. The van der Waals surface area contributed by atoms with Gasteiger partial charge in [0.15, 0.2) is 0 Å². The summed E-state index contributed by atoms with van der Waals surface area (Å²) in [6.45, 7) is 1.47. The van der Waals surface area contributed by atoms with E-state index in [1.54, 1.807) is 29.3 Å². The SMILES string of the molecule is CS(=O)(=O)NC[C@H]1CCC[C@]2(CCN(C(=O)c3ccccn3)C2)O1. The third-order valence-corrected chi connectivity index (χ3v) is 5.33. The van der Waals surface area contributed by atoms with Crippen LogP contribution in [0.1, 0.15) is 36.2 Å². The fraction of sp³-hybridized carbons (Fsp3) is 0.625. The molecule has 0 aliphatic carbocycles. The van der Waals surface area contributed by atoms with E-state index in [9.17, 15) is 13.2 Å². The molecule has 132 valence electrons. The summed E-state index contributed by atoms with van der Waals surface area (Å²) in [4.78, 5) is 18.4. The number of aromatic nitrogens is 1. The summed E-state index contributed by atoms with van der Waals surface area (Å²) in [7, 11) is -3.22. The first-order valence-corrected chi connectivity index (χ1v) is 10.1. The molecule has 1 aromatic rings. The van der Waals surface area contributed by atoms with Crippen LogP contribution in [0.3, 0.4) is 0 Å². The van der Waals surface area contributed by atoms with E-state index >= 15 is 0 Å². The van der Waals surface area contributed by atoms with Crippen molar-refractivity contribution in [3.05, 3.63) is 30.1 Å². The number of pyridine rings is 1. The van der Waals surface area contributed by atoms with Gasteiger partial charge in [-0.15, -0.1) is 0 Å². The van der Waals surface area contributed by atoms with Crippen LogP contribution in [0.25, 0.3) is 0 Å². The highest BCUT2D eigenvalue weighted by Crippen LogP contribution is 2.36. The molecule has 1 aromatic heterocycles. The summed E-state index contributed by atoms with van der Waals surface area (Å²) < 4.78 is 31.2. The third-order valence-electron chi connectivity index (χ3n) is 4.64. The predicted octanol–water partition coefficient (Wildman–Crippen LogP) is 0.785. The van der Waals surface area contributed by atoms with Gasteiger partial charge in [0.25, 0.3) is 5.91 Å². The maximum atomic E-state index is 12.5. The first-order valence-electron chi connectivity index (χ1n) is 8.20. The standard InChI is InChI=1S/C16H23N3O4S/c1-24(21,22)18-11-13-5-4-7-16(23-13)8-10-19(12-16)15(20)14-6-2-3-9-17-14/h2-3,6,9,13,18H,4-5,7-8,10-12H2,1H3/t13-,16-/m1/s1. The summed E-state index contributed by atoms with van der Waals surface area (Å²) in [6, 6.07) is 5.30. The van der Waals surface area contributed by atoms with Gasteiger partial charge in [0.05, 0.1) is 24.5 Å². The molecule has 3 heterocycles. The Morgan fingerprint density at radius 3 is 3.00 bits per heavy atom. The molecule has 2 fully saturated rings. The van der Waals surface area contributed by atoms with Gasteiger partial charge >= 0.3 is 0 Å². The molecule has 0 aromatic carbocycles. The van der Waals surface area contributed by atoms with Crippen LogP contribution in [-0.4, -0.2) is 61.8 Å². The van der Waals surface area contributed by atoms with Crippen molar-refractivity contribution < 1.29 is 17.9 Å². The fourth-order valence-corrected chi connectivity index (χ4v) is 3.97. The largest absolute Gasteiger partial charge is 0.368 e. The summed E-state index contributed by atoms with van der Waals surface area (Å²) in [5.74, 6) is -0.0764. The van der Waals surface area contributed by atoms with Gasteiger partial charge in [0, 0.05) is 19.3 Å². The summed E-state index contributed by atoms with van der Waals surface area (Å²) in [5, 5.41) is 0. The molecular weight excluding hydrogens is 330 g/mol. The lowest BCUT2D eigenvalue weighted by atomic mass is 9.90. The van der Waals surface area contributed by atoms with Crippen molar-refractivity contribution in [2.24, 2.45) is 0 Å². The summed E-state index contributed by atoms with van der Waals surface area (Å²) in [6.07, 6.45) is 6.10. The zero-order chi connectivity index (χ0) is 17.2. The number of carbonyl (C=O) groups excluding carboxylic acids is 1. The topological polar surface area (TPSA) is 88.6 Å². The lowest BCUT2D eigenvalue weighted by Gasteiger charge is -2.38. The molecule has 8 heteroatoms. The number of nitrogens with zero attached hydrogens (tertiary/aromatic N) is 2. The average Bonchev–Trinajstić information content (AvgIpc) is 2.96. The van der Waals surface area contributed by atoms with Crippen molar-refractivity contribution in [2.45, 2.75) is 37.4 Å². The molecule has 7 nitrogen and oxygen atoms in total. The van der Waals surface area contributed by atoms with Gasteiger partial charge in [-0.1, -0.05) is 6.07 Å². The first-order chi connectivity index (χ1) is 11.4. The van der Waals surface area contributed by atoms with Crippen LogP contribution >= 0.6 is 0 Å². The van der Waals surface area contributed by atoms with Gasteiger partial charge in [-0.25, -0.2) is 13.1 Å². The lowest BCUT2D eigenvalue weighted by Crippen LogP contribution is -2.47. The van der Waals surface area contributed by atoms with Crippen LogP contribution < -0.4 is 4.72 Å². The second-order valence-corrected chi connectivity index (χ2v) is 8.46. The molecule has 0 unspecified atom stereocenters. The maximum Gasteiger partial charge on any atom is 0.272 e. The maximum absolute atomic E-state index is 12.5. The van der Waals surface area contributed by atoms with Crippen molar-refractivity contribution in [1.29, 1.82) is 0 Å². The van der Waals surface area contributed by atoms with Crippen LogP contribution in [-0.2, 0) is 14.8 Å². The molecule has 1 spiro atoms. The Morgan fingerprint density at radius 1 is 1.46 bits per heavy atom. The van der Waals surface area contributed by atoms with Crippen molar-refractivity contribution in [2.75, 3.05) is 25.9 Å². The molecule has 2 aliphatic rings. The molecule has 24 heavy (non-hydrogen) atoms. The van der Waals surface area contributed by atoms with Crippen molar-refractivity contribution in [1.82, 2.24) is 14.6 Å². The minimum Gasteiger partial charge on any atom is -0.368 e. The van der Waals surface area contributed by atoms with E-state index in [-0.39, 0.29) is 24.2 Å². The van der Waals surface area contributed by atoms with Gasteiger partial charge in [0.1, 0.15) is 5.69 Å². The van der Waals surface area contributed by atoms with E-state index in [0.29, 0.717) is 18.8 Å². The predicted molar refractivity (Wildman–Crippen MR) is 89.1 cm³/mol. The number of likely N-dealkylation sites (tertiary alicyclic amines) is 1. The summed E-state index contributed by atoms with van der Waals surface area (Å²) >= 11 is 0. The Morgan fingerprint density at radius 2 is 2.29 bits per heavy atom. The van der Waals surface area contributed by atoms with Crippen LogP contribution in [0.4, 0.5) is 0 Å². The Balaban J connectivity index is 1.62. The number of hydrogen-bond donors (Lipinski definition) is 1. The van der Waals surface area contributed by atoms with E-state index in [2.05, 4.69) is 9.71 Å². The second-order valence-electron chi connectivity index (χ2n) is 6.63. The van der Waals surface area contributed by atoms with Crippen LogP contribution in [0.15, 0.2) is 24.4 Å². The van der Waals surface area contributed by atoms with Crippen LogP contribution in [0, 0.1) is 0 Å². The van der Waals surface area contributed by atoms with Crippen molar-refractivity contribution >= 4 is 15.9 Å². The molecule has 0 bridgehead atoms. The Hall–Kier alpha value is -1.51. The van der Waals surface area contributed by atoms with Crippen LogP contribution in [0.2, 0.25) is 0 Å². The molecule has 2 saturated heterocycles. The number of hydrogen-bond acceptors (Lipinski definition) is 5. The number of rotatable bonds is 4. The van der Waals surface area contributed by atoms with Crippen LogP contribution in [0.5, 0.6) is 0 Å². The Labute approximate surface area is 142 Å². The first kappa shape index (κ1) is 17.3. The molecule has 0 radical (unpaired) electrons. The van der Waals surface area contributed by atoms with E-state index in [1.165, 1.54) is 0 Å². The molecule has 1 N–H and O–H groups in total. The van der Waals surface area contributed by atoms with Gasteiger partial charge in [-0.05, 0) is 37.8 Å². The van der Waals surface area contributed by atoms with Gasteiger partial charge in [0.2, 0.25) is 10.0 Å². The number of ether oxygens (including phenoxy) is 1. The minimum atomic E-state index is -3.22. The van der Waals surface area contributed by atoms with Gasteiger partial charge in [-0.3, -0.25) is 9.78 Å². The zero-order valence-electron chi connectivity index (χ0n) is 13.8. The Kier molecular flexibility index (Phi) is 4.89. The second kappa shape index (κ2) is 6.78. The van der Waals surface area contributed by atoms with Crippen molar-refractivity contribution in [3.63, 3.8) is 0 Å². The van der Waals surface area contributed by atoms with E-state index < -0.39 is 10.0 Å². The lowest BCUT2D eigenvalue weighted by molar-refractivity contribution is -0.116. The quantitative estimate of drug-likeness (QED) is 0.864. The smallest absolute Gasteiger partial charge is 0.272 e. The van der Waals surface area contributed by atoms with E-state index in [1.807, 2.05) is 0 Å².